The lowest BCUT2D eigenvalue weighted by Gasteiger charge is -2.17. The Morgan fingerprint density at radius 3 is 1.90 bits per heavy atom. The van der Waals surface area contributed by atoms with Crippen molar-refractivity contribution in [2.75, 3.05) is 0 Å². The second-order valence-corrected chi connectivity index (χ2v) is 14.7. The Morgan fingerprint density at radius 1 is 0.404 bits per heavy atom. The van der Waals surface area contributed by atoms with Crippen LogP contribution in [0.15, 0.2) is 162 Å². The molecular weight excluding hydrogens is 653 g/mol. The van der Waals surface area contributed by atoms with Crippen molar-refractivity contribution in [3.05, 3.63) is 158 Å². The van der Waals surface area contributed by atoms with Crippen LogP contribution in [0, 0.1) is 0 Å². The van der Waals surface area contributed by atoms with Crippen LogP contribution >= 0.6 is 11.3 Å². The van der Waals surface area contributed by atoms with E-state index in [1.807, 2.05) is 29.5 Å². The Labute approximate surface area is 301 Å². The largest absolute Gasteiger partial charge is 0.436 e. The van der Waals surface area contributed by atoms with Crippen molar-refractivity contribution < 1.29 is 4.42 Å². The minimum Gasteiger partial charge on any atom is -0.436 e. The number of hydrogen-bond acceptors (Lipinski definition) is 4. The third-order valence-electron chi connectivity index (χ3n) is 10.8. The molecule has 0 aliphatic rings. The molecule has 3 nitrogen and oxygen atoms in total. The fourth-order valence-corrected chi connectivity index (χ4v) is 9.90. The number of para-hydroxylation sites is 1. The molecular formula is C48H26N2OS. The Morgan fingerprint density at radius 2 is 1.06 bits per heavy atom. The molecule has 0 aliphatic carbocycles. The molecule has 0 saturated heterocycles. The summed E-state index contributed by atoms with van der Waals surface area (Å²) in [4.78, 5) is 10.9. The monoisotopic (exact) mass is 678 g/mol. The summed E-state index contributed by atoms with van der Waals surface area (Å²) >= 11 is 1.90. The lowest BCUT2D eigenvalue weighted by atomic mass is 9.88. The average Bonchev–Trinajstić information content (AvgIpc) is 3.79. The highest BCUT2D eigenvalue weighted by molar-refractivity contribution is 7.28. The van der Waals surface area contributed by atoms with Gasteiger partial charge in [0.05, 0.1) is 5.69 Å². The van der Waals surface area contributed by atoms with Crippen LogP contribution in [-0.2, 0) is 0 Å². The van der Waals surface area contributed by atoms with Gasteiger partial charge in [0, 0.05) is 42.1 Å². The summed E-state index contributed by atoms with van der Waals surface area (Å²) in [6, 6.07) is 56.6. The topological polar surface area (TPSA) is 38.9 Å². The van der Waals surface area contributed by atoms with Crippen molar-refractivity contribution in [3.8, 4) is 22.5 Å². The van der Waals surface area contributed by atoms with E-state index in [0.29, 0.717) is 5.71 Å². The Bertz CT molecular complexity index is 3480. The molecule has 3 heterocycles. The van der Waals surface area contributed by atoms with Crippen LogP contribution in [0.4, 0.5) is 0 Å². The standard InChI is InChI=1S/C48H26N2OS/c1-2-13-29-25-31(22-21-27(29)11-1)43-44(49-45-36-19-9-10-20-39(36)51-48(45)50-43)38-26-30-14-4-5-15-32(30)40-34-17-7-8-18-35(34)41-37-24-23-28-12-3-6-16-33(28)46(37)52-47(41)42(38)40/h1-26H. The molecule has 240 valence electrons. The molecule has 0 saturated carbocycles. The zero-order chi connectivity index (χ0) is 33.9. The number of furan rings is 1. The number of rotatable bonds is 2. The van der Waals surface area contributed by atoms with Gasteiger partial charge in [-0.1, -0.05) is 133 Å². The van der Waals surface area contributed by atoms with Gasteiger partial charge in [-0.05, 0) is 72.7 Å². The van der Waals surface area contributed by atoms with E-state index in [1.165, 1.54) is 68.6 Å². The molecule has 12 aromatic rings. The third kappa shape index (κ3) is 3.84. The third-order valence-corrected chi connectivity index (χ3v) is 12.1. The second kappa shape index (κ2) is 10.5. The number of thiophene rings is 1. The first-order valence-electron chi connectivity index (χ1n) is 17.6. The van der Waals surface area contributed by atoms with Crippen molar-refractivity contribution in [1.29, 1.82) is 0 Å². The molecule has 0 fully saturated rings. The molecule has 0 amide bonds. The van der Waals surface area contributed by atoms with Gasteiger partial charge in [0.1, 0.15) is 16.8 Å². The average molecular weight is 679 g/mol. The smallest absolute Gasteiger partial charge is 0.246 e. The molecule has 0 aliphatic heterocycles. The summed E-state index contributed by atoms with van der Waals surface area (Å²) in [5, 5.41) is 15.8. The lowest BCUT2D eigenvalue weighted by Crippen LogP contribution is -1.96. The van der Waals surface area contributed by atoms with Crippen LogP contribution in [0.3, 0.4) is 0 Å². The zero-order valence-corrected chi connectivity index (χ0v) is 28.5. The predicted octanol–water partition coefficient (Wildman–Crippen LogP) is 13.8. The summed E-state index contributed by atoms with van der Waals surface area (Å²) in [7, 11) is 0. The minimum atomic E-state index is 0.544. The molecule has 0 bridgehead atoms. The van der Waals surface area contributed by atoms with Crippen molar-refractivity contribution in [1.82, 2.24) is 9.97 Å². The highest BCUT2D eigenvalue weighted by Gasteiger charge is 2.24. The Hall–Kier alpha value is -6.62. The molecule has 3 aromatic heterocycles. The van der Waals surface area contributed by atoms with E-state index in [-0.39, 0.29) is 0 Å². The maximum atomic E-state index is 6.39. The summed E-state index contributed by atoms with van der Waals surface area (Å²) in [6.07, 6.45) is 0. The number of nitrogens with zero attached hydrogens (tertiary/aromatic N) is 2. The molecule has 0 unspecified atom stereocenters. The first-order valence-corrected chi connectivity index (χ1v) is 18.4. The Kier molecular flexibility index (Phi) is 5.65. The molecule has 4 heteroatoms. The summed E-state index contributed by atoms with van der Waals surface area (Å²) in [6.45, 7) is 0. The number of hydrogen-bond donors (Lipinski definition) is 0. The molecule has 0 N–H and O–H groups in total. The van der Waals surface area contributed by atoms with E-state index >= 15 is 0 Å². The van der Waals surface area contributed by atoms with E-state index in [0.717, 1.165) is 44.4 Å². The van der Waals surface area contributed by atoms with Gasteiger partial charge in [-0.15, -0.1) is 11.3 Å². The van der Waals surface area contributed by atoms with E-state index in [1.54, 1.807) is 0 Å². The lowest BCUT2D eigenvalue weighted by molar-refractivity contribution is 0.653. The maximum Gasteiger partial charge on any atom is 0.246 e. The van der Waals surface area contributed by atoms with E-state index in [2.05, 4.69) is 140 Å². The van der Waals surface area contributed by atoms with Gasteiger partial charge in [0.25, 0.3) is 0 Å². The normalized spacial score (nSPS) is 12.2. The van der Waals surface area contributed by atoms with Crippen molar-refractivity contribution >= 4 is 108 Å². The van der Waals surface area contributed by atoms with Gasteiger partial charge >= 0.3 is 0 Å². The number of fused-ring (bicyclic) bond motifs is 16. The van der Waals surface area contributed by atoms with Crippen molar-refractivity contribution in [3.63, 3.8) is 0 Å². The molecule has 52 heavy (non-hydrogen) atoms. The molecule has 12 rings (SSSR count). The predicted molar refractivity (Wildman–Crippen MR) is 221 cm³/mol. The van der Waals surface area contributed by atoms with Crippen molar-refractivity contribution in [2.24, 2.45) is 0 Å². The Balaban J connectivity index is 1.33. The SMILES string of the molecule is c1ccc2cc(-c3nc4oc5ccccc5c4nc3-c3cc4ccccc4c4c5ccccc5c5c6ccc7ccccc7c6sc5c34)ccc2c1. The number of aromatic nitrogens is 2. The van der Waals surface area contributed by atoms with Crippen LogP contribution in [0.5, 0.6) is 0 Å². The van der Waals surface area contributed by atoms with Crippen LogP contribution in [0.1, 0.15) is 0 Å². The van der Waals surface area contributed by atoms with Gasteiger partial charge in [0.15, 0.2) is 0 Å². The van der Waals surface area contributed by atoms with Crippen LogP contribution in [0.2, 0.25) is 0 Å². The molecule has 0 atom stereocenters. The maximum absolute atomic E-state index is 6.39. The minimum absolute atomic E-state index is 0.544. The van der Waals surface area contributed by atoms with Gasteiger partial charge in [-0.3, -0.25) is 0 Å². The van der Waals surface area contributed by atoms with Gasteiger partial charge in [0.2, 0.25) is 5.71 Å². The van der Waals surface area contributed by atoms with Gasteiger partial charge in [-0.25, -0.2) is 9.97 Å². The second-order valence-electron chi connectivity index (χ2n) is 13.6. The van der Waals surface area contributed by atoms with E-state index in [4.69, 9.17) is 14.4 Å². The first kappa shape index (κ1) is 28.1. The quantitative estimate of drug-likeness (QED) is 0.171. The van der Waals surface area contributed by atoms with Gasteiger partial charge in [-0.2, -0.15) is 0 Å². The summed E-state index contributed by atoms with van der Waals surface area (Å²) in [5.41, 5.74) is 5.84. The molecule has 0 radical (unpaired) electrons. The summed E-state index contributed by atoms with van der Waals surface area (Å²) < 4.78 is 8.96. The van der Waals surface area contributed by atoms with Crippen LogP contribution in [-0.4, -0.2) is 9.97 Å². The van der Waals surface area contributed by atoms with E-state index < -0.39 is 0 Å². The fraction of sp³-hybridized carbons (Fsp3) is 0. The van der Waals surface area contributed by atoms with E-state index in [9.17, 15) is 0 Å². The zero-order valence-electron chi connectivity index (χ0n) is 27.7. The summed E-state index contributed by atoms with van der Waals surface area (Å²) in [5.74, 6) is 0. The van der Waals surface area contributed by atoms with Gasteiger partial charge < -0.3 is 4.42 Å². The van der Waals surface area contributed by atoms with Crippen LogP contribution in [0.25, 0.3) is 119 Å². The van der Waals surface area contributed by atoms with Crippen molar-refractivity contribution in [2.45, 2.75) is 0 Å². The molecule has 9 aromatic carbocycles. The molecule has 0 spiro atoms. The first-order chi connectivity index (χ1) is 25.8. The fourth-order valence-electron chi connectivity index (χ4n) is 8.49. The highest BCUT2D eigenvalue weighted by atomic mass is 32.1. The number of benzene rings is 9. The highest BCUT2D eigenvalue weighted by Crippen LogP contribution is 2.51. The van der Waals surface area contributed by atoms with Crippen LogP contribution < -0.4 is 0 Å².